The Morgan fingerprint density at radius 1 is 1.00 bits per heavy atom. The van der Waals surface area contributed by atoms with Gasteiger partial charge in [-0.1, -0.05) is 47.5 Å². The van der Waals surface area contributed by atoms with Crippen LogP contribution in [0.3, 0.4) is 0 Å². The van der Waals surface area contributed by atoms with Crippen molar-refractivity contribution in [2.45, 2.75) is 45.3 Å². The van der Waals surface area contributed by atoms with Gasteiger partial charge in [-0.25, -0.2) is 9.18 Å². The number of ether oxygens (including phenoxy) is 1. The van der Waals surface area contributed by atoms with Crippen LogP contribution in [0.1, 0.15) is 44.7 Å². The monoisotopic (exact) mass is 435 g/mol. The number of nitrogens with zero attached hydrogens (tertiary/aromatic N) is 1. The predicted molar refractivity (Wildman–Crippen MR) is 116 cm³/mol. The number of likely N-dealkylation sites (tertiary alicyclic amines) is 1. The van der Waals surface area contributed by atoms with Gasteiger partial charge in [0.25, 0.3) is 0 Å². The molecule has 1 aliphatic heterocycles. The van der Waals surface area contributed by atoms with Crippen LogP contribution in [0, 0.1) is 0 Å². The molecule has 1 aliphatic rings. The molecule has 0 aliphatic carbocycles. The summed E-state index contributed by atoms with van der Waals surface area (Å²) >= 11 is 12.0. The zero-order valence-electron chi connectivity index (χ0n) is 16.7. The summed E-state index contributed by atoms with van der Waals surface area (Å²) in [5, 5.41) is 1.14. The van der Waals surface area contributed by atoms with E-state index in [-0.39, 0.29) is 5.83 Å². The van der Waals surface area contributed by atoms with Crippen molar-refractivity contribution in [3.05, 3.63) is 75.5 Å². The van der Waals surface area contributed by atoms with Crippen LogP contribution in [0.15, 0.2) is 54.4 Å². The molecule has 0 radical (unpaired) electrons. The molecule has 6 heteroatoms. The van der Waals surface area contributed by atoms with E-state index in [0.717, 1.165) is 0 Å². The van der Waals surface area contributed by atoms with Crippen LogP contribution in [0.2, 0.25) is 10.0 Å². The van der Waals surface area contributed by atoms with Gasteiger partial charge in [-0.15, -0.1) is 0 Å². The van der Waals surface area contributed by atoms with Gasteiger partial charge in [-0.2, -0.15) is 0 Å². The fraction of sp³-hybridized carbons (Fsp3) is 0.348. The third-order valence-corrected chi connectivity index (χ3v) is 5.18. The maximum absolute atomic E-state index is 16.0. The van der Waals surface area contributed by atoms with Gasteiger partial charge in [0.1, 0.15) is 11.4 Å². The van der Waals surface area contributed by atoms with Crippen molar-refractivity contribution < 1.29 is 13.9 Å². The number of rotatable bonds is 3. The zero-order chi connectivity index (χ0) is 21.2. The number of benzene rings is 2. The summed E-state index contributed by atoms with van der Waals surface area (Å²) in [6.07, 6.45) is 0.753. The highest BCUT2D eigenvalue weighted by atomic mass is 35.5. The molecular weight excluding hydrogens is 412 g/mol. The van der Waals surface area contributed by atoms with Gasteiger partial charge < -0.3 is 4.74 Å². The number of hydrogen-bond donors (Lipinski definition) is 0. The molecule has 1 unspecified atom stereocenters. The number of hydrogen-bond acceptors (Lipinski definition) is 2. The third kappa shape index (κ3) is 5.31. The first-order valence-electron chi connectivity index (χ1n) is 9.57. The van der Waals surface area contributed by atoms with Gasteiger partial charge in [0.05, 0.1) is 6.04 Å². The maximum Gasteiger partial charge on any atom is 0.410 e. The molecule has 154 valence electrons. The first kappa shape index (κ1) is 21.7. The van der Waals surface area contributed by atoms with Crippen LogP contribution < -0.4 is 0 Å². The van der Waals surface area contributed by atoms with E-state index in [2.05, 4.69) is 0 Å². The molecule has 0 aromatic heterocycles. The van der Waals surface area contributed by atoms with Gasteiger partial charge in [0, 0.05) is 22.2 Å². The van der Waals surface area contributed by atoms with Gasteiger partial charge in [0.15, 0.2) is 0 Å². The molecule has 0 N–H and O–H groups in total. The number of carbonyl (C=O) groups excluding carboxylic acids is 1. The molecule has 1 saturated heterocycles. The normalized spacial score (nSPS) is 16.6. The maximum atomic E-state index is 16.0. The Kier molecular flexibility index (Phi) is 6.55. The molecule has 3 nitrogen and oxygen atoms in total. The summed E-state index contributed by atoms with van der Waals surface area (Å²) in [5.41, 5.74) is 1.16. The minimum atomic E-state index is -0.675. The van der Waals surface area contributed by atoms with Crippen molar-refractivity contribution in [2.75, 3.05) is 6.54 Å². The highest BCUT2D eigenvalue weighted by Crippen LogP contribution is 2.36. The van der Waals surface area contributed by atoms with Crippen molar-refractivity contribution in [1.29, 1.82) is 0 Å². The van der Waals surface area contributed by atoms with Crippen LogP contribution in [-0.4, -0.2) is 29.2 Å². The lowest BCUT2D eigenvalue weighted by Crippen LogP contribution is -2.40. The Bertz CT molecular complexity index is 854. The van der Waals surface area contributed by atoms with Crippen molar-refractivity contribution >= 4 is 34.9 Å². The smallest absolute Gasteiger partial charge is 0.410 e. The van der Waals surface area contributed by atoms with E-state index in [1.807, 2.05) is 0 Å². The standard InChI is InChI=1S/C23H24Cl2FNO2/c1-23(2,3)29-22(28)27-14-4-5-19(27)21(26)20(15-6-10-17(24)11-7-15)16-8-12-18(25)13-9-16/h6-13,19H,4-5,14H2,1-3H3. The Labute approximate surface area is 181 Å². The average Bonchev–Trinajstić information content (AvgIpc) is 3.13. The van der Waals surface area contributed by atoms with Crippen molar-refractivity contribution in [2.24, 2.45) is 0 Å². The lowest BCUT2D eigenvalue weighted by Gasteiger charge is -2.29. The average molecular weight is 436 g/mol. The van der Waals surface area contributed by atoms with Crippen LogP contribution in [0.4, 0.5) is 9.18 Å². The Hall–Kier alpha value is -2.04. The topological polar surface area (TPSA) is 29.5 Å². The van der Waals surface area contributed by atoms with E-state index in [0.29, 0.717) is 46.1 Å². The molecule has 1 fully saturated rings. The Balaban J connectivity index is 2.05. The summed E-state index contributed by atoms with van der Waals surface area (Å²) in [4.78, 5) is 14.1. The largest absolute Gasteiger partial charge is 0.444 e. The highest BCUT2D eigenvalue weighted by Gasteiger charge is 2.36. The summed E-state index contributed by atoms with van der Waals surface area (Å²) < 4.78 is 21.4. The number of carbonyl (C=O) groups is 1. The summed E-state index contributed by atoms with van der Waals surface area (Å²) in [6.45, 7) is 5.86. The molecule has 1 amide bonds. The molecule has 3 rings (SSSR count). The van der Waals surface area contributed by atoms with E-state index in [4.69, 9.17) is 27.9 Å². The molecule has 0 saturated carbocycles. The quantitative estimate of drug-likeness (QED) is 0.513. The van der Waals surface area contributed by atoms with Gasteiger partial charge in [-0.3, -0.25) is 4.90 Å². The molecular formula is C23H24Cl2FNO2. The van der Waals surface area contributed by atoms with Crippen LogP contribution in [0.5, 0.6) is 0 Å². The second kappa shape index (κ2) is 8.76. The third-order valence-electron chi connectivity index (χ3n) is 4.68. The van der Waals surface area contributed by atoms with Crippen molar-refractivity contribution in [3.63, 3.8) is 0 Å². The van der Waals surface area contributed by atoms with Crippen molar-refractivity contribution in [1.82, 2.24) is 4.90 Å². The molecule has 29 heavy (non-hydrogen) atoms. The predicted octanol–water partition coefficient (Wildman–Crippen LogP) is 7.12. The van der Waals surface area contributed by atoms with Crippen LogP contribution in [0.25, 0.3) is 5.57 Å². The Morgan fingerprint density at radius 3 is 1.93 bits per heavy atom. The first-order chi connectivity index (χ1) is 13.7. The Morgan fingerprint density at radius 2 is 1.48 bits per heavy atom. The second-order valence-electron chi connectivity index (χ2n) is 8.07. The fourth-order valence-corrected chi connectivity index (χ4v) is 3.66. The van der Waals surface area contributed by atoms with Crippen molar-refractivity contribution in [3.8, 4) is 0 Å². The molecule has 2 aromatic rings. The second-order valence-corrected chi connectivity index (χ2v) is 8.94. The minimum Gasteiger partial charge on any atom is -0.444 e. The SMILES string of the molecule is CC(C)(C)OC(=O)N1CCCC1C(F)=C(c1ccc(Cl)cc1)c1ccc(Cl)cc1. The van der Waals surface area contributed by atoms with E-state index in [9.17, 15) is 4.79 Å². The summed E-state index contributed by atoms with van der Waals surface area (Å²) in [7, 11) is 0. The van der Waals surface area contributed by atoms with Crippen LogP contribution >= 0.6 is 23.2 Å². The molecule has 1 heterocycles. The minimum absolute atomic E-state index is 0.363. The first-order valence-corrected chi connectivity index (χ1v) is 10.3. The lowest BCUT2D eigenvalue weighted by atomic mass is 9.94. The van der Waals surface area contributed by atoms with Crippen LogP contribution in [-0.2, 0) is 4.74 Å². The lowest BCUT2D eigenvalue weighted by molar-refractivity contribution is 0.0236. The number of halogens is 3. The molecule has 0 bridgehead atoms. The fourth-order valence-electron chi connectivity index (χ4n) is 3.41. The van der Waals surface area contributed by atoms with Gasteiger partial charge in [0.2, 0.25) is 0 Å². The number of amides is 1. The van der Waals surface area contributed by atoms with E-state index in [1.54, 1.807) is 69.3 Å². The molecule has 0 spiro atoms. The summed E-state index contributed by atoms with van der Waals surface area (Å²) in [5.74, 6) is -0.363. The van der Waals surface area contributed by atoms with E-state index >= 15 is 4.39 Å². The molecule has 2 aromatic carbocycles. The summed E-state index contributed by atoms with van der Waals surface area (Å²) in [6, 6.07) is 13.3. The zero-order valence-corrected chi connectivity index (χ0v) is 18.2. The van der Waals surface area contributed by atoms with Gasteiger partial charge >= 0.3 is 6.09 Å². The molecule has 1 atom stereocenters. The van der Waals surface area contributed by atoms with E-state index in [1.165, 1.54) is 4.90 Å². The highest BCUT2D eigenvalue weighted by molar-refractivity contribution is 6.31. The van der Waals surface area contributed by atoms with E-state index < -0.39 is 17.7 Å². The van der Waals surface area contributed by atoms with Gasteiger partial charge in [-0.05, 0) is 69.0 Å².